The molecule has 19 heavy (non-hydrogen) atoms. The number of halogens is 2. The van der Waals surface area contributed by atoms with E-state index in [0.717, 1.165) is 4.90 Å². The fourth-order valence-electron chi connectivity index (χ4n) is 2.29. The van der Waals surface area contributed by atoms with E-state index in [1.54, 1.807) is 12.1 Å². The van der Waals surface area contributed by atoms with E-state index in [1.165, 1.54) is 11.0 Å². The van der Waals surface area contributed by atoms with Crippen LogP contribution in [0.15, 0.2) is 18.2 Å². The Hall–Kier alpha value is -1.30. The Bertz CT molecular complexity index is 540. The zero-order chi connectivity index (χ0) is 13.6. The summed E-state index contributed by atoms with van der Waals surface area (Å²) in [7, 11) is 0. The first-order valence-electron chi connectivity index (χ1n) is 5.77. The molecule has 2 aliphatic heterocycles. The molecule has 1 aromatic carbocycles. The van der Waals surface area contributed by atoms with Crippen molar-refractivity contribution in [3.8, 4) is 0 Å². The van der Waals surface area contributed by atoms with Crippen LogP contribution >= 0.6 is 23.2 Å². The van der Waals surface area contributed by atoms with Crippen LogP contribution in [0.1, 0.15) is 0 Å². The molecular weight excluding hydrogens is 291 g/mol. The largest absolute Gasteiger partial charge is 0.377 e. The smallest absolute Gasteiger partial charge is 0.332 e. The maximum atomic E-state index is 12.3. The monoisotopic (exact) mass is 300 g/mol. The Morgan fingerprint density at radius 3 is 2.74 bits per heavy atom. The van der Waals surface area contributed by atoms with Crippen LogP contribution in [0.4, 0.5) is 10.5 Å². The van der Waals surface area contributed by atoms with Gasteiger partial charge in [-0.25, -0.2) is 9.69 Å². The van der Waals surface area contributed by atoms with Gasteiger partial charge in [0.1, 0.15) is 6.04 Å². The van der Waals surface area contributed by atoms with Crippen molar-refractivity contribution >= 4 is 40.8 Å². The molecule has 100 valence electrons. The summed E-state index contributed by atoms with van der Waals surface area (Å²) < 4.78 is 5.24. The Balaban J connectivity index is 2.00. The van der Waals surface area contributed by atoms with Crippen LogP contribution in [0.2, 0.25) is 10.0 Å². The minimum atomic E-state index is -0.548. The van der Waals surface area contributed by atoms with Crippen molar-refractivity contribution in [2.24, 2.45) is 0 Å². The van der Waals surface area contributed by atoms with Crippen LogP contribution in [0.3, 0.4) is 0 Å². The van der Waals surface area contributed by atoms with E-state index in [1.807, 2.05) is 0 Å². The second kappa shape index (κ2) is 4.67. The van der Waals surface area contributed by atoms with E-state index >= 15 is 0 Å². The molecule has 2 aliphatic rings. The highest BCUT2D eigenvalue weighted by molar-refractivity contribution is 6.38. The number of morpholine rings is 1. The van der Waals surface area contributed by atoms with Crippen molar-refractivity contribution in [3.05, 3.63) is 28.2 Å². The molecule has 0 N–H and O–H groups in total. The Kier molecular flexibility index (Phi) is 3.12. The molecule has 1 atom stereocenters. The van der Waals surface area contributed by atoms with Crippen molar-refractivity contribution in [2.45, 2.75) is 6.04 Å². The highest BCUT2D eigenvalue weighted by atomic mass is 35.5. The lowest BCUT2D eigenvalue weighted by atomic mass is 10.2. The first kappa shape index (κ1) is 12.7. The molecule has 1 aromatic rings. The Labute approximate surface area is 119 Å². The summed E-state index contributed by atoms with van der Waals surface area (Å²) in [5.41, 5.74) is 0.357. The summed E-state index contributed by atoms with van der Waals surface area (Å²) in [6.07, 6.45) is 0. The lowest BCUT2D eigenvalue weighted by molar-refractivity contribution is -0.123. The quantitative estimate of drug-likeness (QED) is 0.747. The topological polar surface area (TPSA) is 49.9 Å². The fourth-order valence-corrected chi connectivity index (χ4v) is 2.79. The third-order valence-corrected chi connectivity index (χ3v) is 3.76. The summed E-state index contributed by atoms with van der Waals surface area (Å²) in [5.74, 6) is -0.311. The maximum Gasteiger partial charge on any atom is 0.332 e. The summed E-state index contributed by atoms with van der Waals surface area (Å²) in [4.78, 5) is 27.2. The molecule has 3 rings (SSSR count). The molecule has 0 radical (unpaired) electrons. The van der Waals surface area contributed by atoms with E-state index in [-0.39, 0.29) is 23.6 Å². The van der Waals surface area contributed by atoms with Crippen LogP contribution in [0, 0.1) is 0 Å². The van der Waals surface area contributed by atoms with Gasteiger partial charge in [0.15, 0.2) is 0 Å². The number of hydrogen-bond acceptors (Lipinski definition) is 3. The number of rotatable bonds is 1. The second-order valence-electron chi connectivity index (χ2n) is 4.34. The molecular formula is C12H10Cl2N2O3. The van der Waals surface area contributed by atoms with Crippen LogP contribution in [0.25, 0.3) is 0 Å². The van der Waals surface area contributed by atoms with E-state index < -0.39 is 6.04 Å². The van der Waals surface area contributed by atoms with Crippen molar-refractivity contribution in [2.75, 3.05) is 24.7 Å². The zero-order valence-electron chi connectivity index (χ0n) is 9.81. The maximum absolute atomic E-state index is 12.3. The second-order valence-corrected chi connectivity index (χ2v) is 5.18. The molecule has 0 bridgehead atoms. The zero-order valence-corrected chi connectivity index (χ0v) is 11.3. The minimum absolute atomic E-state index is 0.228. The standard InChI is InChI=1S/C12H10Cl2N2O3/c13-7-1-2-9(8(14)5-7)16-11(17)10-6-19-4-3-15(10)12(16)18/h1-2,5,10H,3-4,6H2. The van der Waals surface area contributed by atoms with Gasteiger partial charge < -0.3 is 9.64 Å². The van der Waals surface area contributed by atoms with Crippen LogP contribution in [-0.4, -0.2) is 42.6 Å². The molecule has 2 heterocycles. The average Bonchev–Trinajstić information content (AvgIpc) is 2.64. The number of nitrogens with zero attached hydrogens (tertiary/aromatic N) is 2. The van der Waals surface area contributed by atoms with E-state index in [9.17, 15) is 9.59 Å². The van der Waals surface area contributed by atoms with Crippen LogP contribution < -0.4 is 4.90 Å². The number of fused-ring (bicyclic) bond motifs is 1. The Morgan fingerprint density at radius 1 is 1.26 bits per heavy atom. The molecule has 2 saturated heterocycles. The van der Waals surface area contributed by atoms with Crippen LogP contribution in [0.5, 0.6) is 0 Å². The van der Waals surface area contributed by atoms with Gasteiger partial charge in [-0.15, -0.1) is 0 Å². The molecule has 3 amide bonds. The van der Waals surface area contributed by atoms with Crippen molar-refractivity contribution < 1.29 is 14.3 Å². The van der Waals surface area contributed by atoms with E-state index in [0.29, 0.717) is 23.9 Å². The lowest BCUT2D eigenvalue weighted by Gasteiger charge is -2.26. The molecule has 7 heteroatoms. The Morgan fingerprint density at radius 2 is 2.05 bits per heavy atom. The lowest BCUT2D eigenvalue weighted by Crippen LogP contribution is -2.45. The first-order chi connectivity index (χ1) is 9.09. The summed E-state index contributed by atoms with van der Waals surface area (Å²) in [6.45, 7) is 1.08. The van der Waals surface area contributed by atoms with Gasteiger partial charge in [0.25, 0.3) is 5.91 Å². The summed E-state index contributed by atoms with van der Waals surface area (Å²) >= 11 is 11.9. The predicted molar refractivity (Wildman–Crippen MR) is 70.7 cm³/mol. The van der Waals surface area contributed by atoms with E-state index in [2.05, 4.69) is 0 Å². The highest BCUT2D eigenvalue weighted by Gasteiger charge is 2.47. The van der Waals surface area contributed by atoms with Crippen molar-refractivity contribution in [1.82, 2.24) is 4.90 Å². The SMILES string of the molecule is O=C1C2COCCN2C(=O)N1c1ccc(Cl)cc1Cl. The number of ether oxygens (including phenoxy) is 1. The number of amides is 3. The average molecular weight is 301 g/mol. The molecule has 0 saturated carbocycles. The molecule has 5 nitrogen and oxygen atoms in total. The third kappa shape index (κ3) is 1.98. The summed E-state index contributed by atoms with van der Waals surface area (Å²) in [5, 5.41) is 0.726. The van der Waals surface area contributed by atoms with Gasteiger partial charge in [-0.05, 0) is 18.2 Å². The third-order valence-electron chi connectivity index (χ3n) is 3.22. The van der Waals surface area contributed by atoms with Gasteiger partial charge in [-0.3, -0.25) is 4.79 Å². The number of carbonyl (C=O) groups excluding carboxylic acids is 2. The minimum Gasteiger partial charge on any atom is -0.377 e. The van der Waals surface area contributed by atoms with Crippen molar-refractivity contribution in [3.63, 3.8) is 0 Å². The highest BCUT2D eigenvalue weighted by Crippen LogP contribution is 2.33. The molecule has 1 unspecified atom stereocenters. The van der Waals surface area contributed by atoms with Crippen molar-refractivity contribution in [1.29, 1.82) is 0 Å². The first-order valence-corrected chi connectivity index (χ1v) is 6.52. The summed E-state index contributed by atoms with van der Waals surface area (Å²) in [6, 6.07) is 3.76. The van der Waals surface area contributed by atoms with Gasteiger partial charge in [0.2, 0.25) is 0 Å². The number of benzene rings is 1. The molecule has 0 aliphatic carbocycles. The predicted octanol–water partition coefficient (Wildman–Crippen LogP) is 2.16. The number of carbonyl (C=O) groups is 2. The van der Waals surface area contributed by atoms with Gasteiger partial charge in [0.05, 0.1) is 23.9 Å². The molecule has 0 spiro atoms. The molecule has 0 aromatic heterocycles. The fraction of sp³-hybridized carbons (Fsp3) is 0.333. The van der Waals surface area contributed by atoms with Gasteiger partial charge >= 0.3 is 6.03 Å². The van der Waals surface area contributed by atoms with Gasteiger partial charge in [-0.1, -0.05) is 23.2 Å². The number of hydrogen-bond donors (Lipinski definition) is 0. The van der Waals surface area contributed by atoms with Gasteiger partial charge in [0, 0.05) is 11.6 Å². The molecule has 2 fully saturated rings. The number of imide groups is 1. The van der Waals surface area contributed by atoms with Gasteiger partial charge in [-0.2, -0.15) is 0 Å². The van der Waals surface area contributed by atoms with E-state index in [4.69, 9.17) is 27.9 Å². The normalized spacial score (nSPS) is 22.9. The number of urea groups is 1. The number of anilines is 1. The van der Waals surface area contributed by atoms with Crippen LogP contribution in [-0.2, 0) is 9.53 Å².